The lowest BCUT2D eigenvalue weighted by Crippen LogP contribution is -2.34. The minimum Gasteiger partial charge on any atom is -0.504 e. The Bertz CT molecular complexity index is 480. The lowest BCUT2D eigenvalue weighted by Gasteiger charge is -2.23. The maximum Gasteiger partial charge on any atom is 0.257 e. The predicted molar refractivity (Wildman–Crippen MR) is 66.4 cm³/mol. The Kier molecular flexibility index (Phi) is 4.55. The average molecular weight is 248 g/mol. The largest absolute Gasteiger partial charge is 0.504 e. The Labute approximate surface area is 106 Å². The molecule has 0 aromatic heterocycles. The molecule has 18 heavy (non-hydrogen) atoms. The number of methoxy groups -OCH3 is 1. The van der Waals surface area contributed by atoms with Crippen LogP contribution in [0.4, 0.5) is 0 Å². The van der Waals surface area contributed by atoms with Crippen molar-refractivity contribution >= 4 is 5.91 Å². The van der Waals surface area contributed by atoms with Gasteiger partial charge in [0.2, 0.25) is 0 Å². The van der Waals surface area contributed by atoms with Gasteiger partial charge in [-0.3, -0.25) is 4.79 Å². The molecule has 5 heteroatoms. The fraction of sp³-hybridized carbons (Fsp3) is 0.385. The summed E-state index contributed by atoms with van der Waals surface area (Å²) in [6.07, 6.45) is 0.243. The molecule has 0 fully saturated rings. The molecule has 0 saturated heterocycles. The van der Waals surface area contributed by atoms with Crippen LogP contribution >= 0.6 is 0 Å². The van der Waals surface area contributed by atoms with Crippen molar-refractivity contribution in [2.24, 2.45) is 0 Å². The first-order valence-electron chi connectivity index (χ1n) is 5.53. The Morgan fingerprint density at radius 3 is 2.83 bits per heavy atom. The van der Waals surface area contributed by atoms with Crippen LogP contribution < -0.4 is 4.74 Å². The van der Waals surface area contributed by atoms with Gasteiger partial charge in [0, 0.05) is 13.1 Å². The van der Waals surface area contributed by atoms with Crippen LogP contribution in [0.1, 0.15) is 23.7 Å². The van der Waals surface area contributed by atoms with E-state index in [1.165, 1.54) is 18.1 Å². The third kappa shape index (κ3) is 2.72. The van der Waals surface area contributed by atoms with E-state index in [9.17, 15) is 9.90 Å². The van der Waals surface area contributed by atoms with Crippen molar-refractivity contribution in [2.45, 2.75) is 19.4 Å². The molecule has 1 aromatic rings. The van der Waals surface area contributed by atoms with Gasteiger partial charge in [0.05, 0.1) is 25.2 Å². The van der Waals surface area contributed by atoms with E-state index in [1.54, 1.807) is 26.1 Å². The highest BCUT2D eigenvalue weighted by molar-refractivity contribution is 5.97. The second kappa shape index (κ2) is 5.92. The summed E-state index contributed by atoms with van der Waals surface area (Å²) >= 11 is 0. The van der Waals surface area contributed by atoms with Crippen LogP contribution in [0, 0.1) is 11.3 Å². The first-order chi connectivity index (χ1) is 8.52. The highest BCUT2D eigenvalue weighted by atomic mass is 16.5. The number of carbonyl (C=O) groups is 1. The van der Waals surface area contributed by atoms with Crippen molar-refractivity contribution in [1.29, 1.82) is 5.26 Å². The number of ether oxygens (including phenoxy) is 1. The highest BCUT2D eigenvalue weighted by Crippen LogP contribution is 2.30. The van der Waals surface area contributed by atoms with Crippen molar-refractivity contribution in [1.82, 2.24) is 4.90 Å². The number of nitrogens with zero attached hydrogens (tertiary/aromatic N) is 2. The van der Waals surface area contributed by atoms with Crippen molar-refractivity contribution in [3.8, 4) is 17.6 Å². The number of hydrogen-bond acceptors (Lipinski definition) is 4. The summed E-state index contributed by atoms with van der Waals surface area (Å²) in [4.78, 5) is 13.6. The summed E-state index contributed by atoms with van der Waals surface area (Å²) in [7, 11) is 3.02. The first-order valence-corrected chi connectivity index (χ1v) is 5.53. The van der Waals surface area contributed by atoms with Crippen molar-refractivity contribution in [3.05, 3.63) is 23.8 Å². The molecule has 0 aliphatic rings. The normalized spacial score (nSPS) is 11.4. The Balaban J connectivity index is 3.01. The summed E-state index contributed by atoms with van der Waals surface area (Å²) in [6, 6.07) is 6.53. The van der Waals surface area contributed by atoms with E-state index >= 15 is 0 Å². The van der Waals surface area contributed by atoms with Gasteiger partial charge in [0.25, 0.3) is 5.91 Å². The monoisotopic (exact) mass is 248 g/mol. The van der Waals surface area contributed by atoms with E-state index in [2.05, 4.69) is 0 Å². The minimum absolute atomic E-state index is 0.168. The van der Waals surface area contributed by atoms with Crippen LogP contribution in [0.15, 0.2) is 18.2 Å². The molecule has 96 valence electrons. The van der Waals surface area contributed by atoms with E-state index in [1.807, 2.05) is 6.07 Å². The summed E-state index contributed by atoms with van der Waals surface area (Å²) < 4.78 is 4.95. The van der Waals surface area contributed by atoms with Crippen LogP contribution in [0.3, 0.4) is 0 Å². The zero-order valence-electron chi connectivity index (χ0n) is 10.7. The van der Waals surface area contributed by atoms with Crippen LogP contribution in [0.5, 0.6) is 11.5 Å². The zero-order valence-corrected chi connectivity index (χ0v) is 10.7. The quantitative estimate of drug-likeness (QED) is 0.881. The smallest absolute Gasteiger partial charge is 0.257 e. The fourth-order valence-electron chi connectivity index (χ4n) is 1.52. The van der Waals surface area contributed by atoms with E-state index in [0.717, 1.165) is 0 Å². The van der Waals surface area contributed by atoms with E-state index in [0.29, 0.717) is 0 Å². The van der Waals surface area contributed by atoms with Gasteiger partial charge in [0.1, 0.15) is 0 Å². The maximum atomic E-state index is 12.2. The van der Waals surface area contributed by atoms with Crippen LogP contribution in [-0.4, -0.2) is 36.1 Å². The maximum absolute atomic E-state index is 12.2. The number of carbonyl (C=O) groups excluding carboxylic acids is 1. The summed E-state index contributed by atoms with van der Waals surface area (Å²) in [5.41, 5.74) is 0.168. The van der Waals surface area contributed by atoms with E-state index in [-0.39, 0.29) is 35.4 Å². The second-order valence-electron chi connectivity index (χ2n) is 3.98. The number of para-hydroxylation sites is 1. The molecule has 0 heterocycles. The molecule has 1 N–H and O–H groups in total. The van der Waals surface area contributed by atoms with Gasteiger partial charge in [0.15, 0.2) is 11.5 Å². The number of nitriles is 1. The number of rotatable bonds is 4. The van der Waals surface area contributed by atoms with Gasteiger partial charge in [-0.1, -0.05) is 6.07 Å². The standard InChI is InChI=1S/C13H16N2O3/c1-9(7-8-14)15(2)13(17)10-5-4-6-11(18-3)12(10)16/h4-6,9,16H,7H2,1-3H3. The highest BCUT2D eigenvalue weighted by Gasteiger charge is 2.21. The van der Waals surface area contributed by atoms with E-state index in [4.69, 9.17) is 10.00 Å². The van der Waals surface area contributed by atoms with Crippen LogP contribution in [-0.2, 0) is 0 Å². The average Bonchev–Trinajstić information content (AvgIpc) is 2.37. The molecule has 1 unspecified atom stereocenters. The molecular formula is C13H16N2O3. The molecule has 0 aliphatic carbocycles. The molecule has 0 radical (unpaired) electrons. The number of benzene rings is 1. The summed E-state index contributed by atoms with van der Waals surface area (Å²) in [6.45, 7) is 1.78. The van der Waals surface area contributed by atoms with Gasteiger partial charge in [-0.2, -0.15) is 5.26 Å². The van der Waals surface area contributed by atoms with Crippen molar-refractivity contribution in [3.63, 3.8) is 0 Å². The molecule has 0 aliphatic heterocycles. The third-order valence-corrected chi connectivity index (χ3v) is 2.82. The fourth-order valence-corrected chi connectivity index (χ4v) is 1.52. The number of phenols is 1. The number of amides is 1. The molecular weight excluding hydrogens is 232 g/mol. The molecule has 1 rings (SSSR count). The molecule has 1 atom stereocenters. The van der Waals surface area contributed by atoms with Gasteiger partial charge in [-0.15, -0.1) is 0 Å². The Morgan fingerprint density at radius 2 is 2.28 bits per heavy atom. The van der Waals surface area contributed by atoms with Gasteiger partial charge < -0.3 is 14.7 Å². The predicted octanol–water partition coefficient (Wildman–Crippen LogP) is 1.77. The van der Waals surface area contributed by atoms with Crippen LogP contribution in [0.2, 0.25) is 0 Å². The molecule has 0 spiro atoms. The second-order valence-corrected chi connectivity index (χ2v) is 3.98. The zero-order chi connectivity index (χ0) is 13.7. The van der Waals surface area contributed by atoms with E-state index < -0.39 is 0 Å². The molecule has 0 saturated carbocycles. The van der Waals surface area contributed by atoms with Crippen LogP contribution in [0.25, 0.3) is 0 Å². The minimum atomic E-state index is -0.339. The molecule has 1 amide bonds. The Morgan fingerprint density at radius 1 is 1.61 bits per heavy atom. The third-order valence-electron chi connectivity index (χ3n) is 2.82. The lowest BCUT2D eigenvalue weighted by molar-refractivity contribution is 0.0742. The van der Waals surface area contributed by atoms with Crippen molar-refractivity contribution < 1.29 is 14.6 Å². The number of aromatic hydroxyl groups is 1. The summed E-state index contributed by atoms with van der Waals surface area (Å²) in [5.74, 6) is -0.266. The van der Waals surface area contributed by atoms with Crippen molar-refractivity contribution in [2.75, 3.05) is 14.2 Å². The SMILES string of the molecule is COc1cccc(C(=O)N(C)C(C)CC#N)c1O. The molecule has 0 bridgehead atoms. The number of hydrogen-bond donors (Lipinski definition) is 1. The van der Waals surface area contributed by atoms with Gasteiger partial charge >= 0.3 is 0 Å². The first kappa shape index (κ1) is 13.8. The van der Waals surface area contributed by atoms with Gasteiger partial charge in [-0.25, -0.2) is 0 Å². The number of phenolic OH excluding ortho intramolecular Hbond substituents is 1. The topological polar surface area (TPSA) is 73.6 Å². The molecule has 1 aromatic carbocycles. The molecule has 5 nitrogen and oxygen atoms in total. The summed E-state index contributed by atoms with van der Waals surface area (Å²) in [5, 5.41) is 18.5. The Hall–Kier alpha value is -2.22. The lowest BCUT2D eigenvalue weighted by atomic mass is 10.1. The van der Waals surface area contributed by atoms with Gasteiger partial charge in [-0.05, 0) is 19.1 Å².